The van der Waals surface area contributed by atoms with E-state index in [1.807, 2.05) is 25.2 Å². The molecule has 0 spiro atoms. The molecule has 2 unspecified atom stereocenters. The fraction of sp³-hybridized carbons (Fsp3) is 0.600. The summed E-state index contributed by atoms with van der Waals surface area (Å²) in [6.07, 6.45) is 3.28. The molecule has 0 aromatic heterocycles. The molecule has 1 heterocycles. The average Bonchev–Trinajstić information content (AvgIpc) is 2.46. The first-order valence-electron chi connectivity index (χ1n) is 6.82. The molecule has 0 saturated carbocycles. The molecule has 0 bridgehead atoms. The number of halogens is 1. The van der Waals surface area contributed by atoms with Gasteiger partial charge in [-0.3, -0.25) is 0 Å². The van der Waals surface area contributed by atoms with Crippen LogP contribution in [0.2, 0.25) is 5.02 Å². The summed E-state index contributed by atoms with van der Waals surface area (Å²) < 4.78 is 11.0. The molecule has 1 fully saturated rings. The number of hydrogen-bond donors (Lipinski definition) is 1. The maximum absolute atomic E-state index is 6.09. The van der Waals surface area contributed by atoms with E-state index < -0.39 is 0 Å². The summed E-state index contributed by atoms with van der Waals surface area (Å²) >= 11 is 6.09. The van der Waals surface area contributed by atoms with Crippen LogP contribution in [0.5, 0.6) is 5.75 Å². The first-order chi connectivity index (χ1) is 9.24. The van der Waals surface area contributed by atoms with E-state index in [-0.39, 0.29) is 0 Å². The summed E-state index contributed by atoms with van der Waals surface area (Å²) in [5.41, 5.74) is 1.15. The van der Waals surface area contributed by atoms with E-state index in [9.17, 15) is 0 Å². The van der Waals surface area contributed by atoms with Crippen LogP contribution < -0.4 is 10.1 Å². The number of rotatable bonds is 5. The second-order valence-electron chi connectivity index (χ2n) is 5.03. The Labute approximate surface area is 120 Å². The van der Waals surface area contributed by atoms with Crippen molar-refractivity contribution in [2.45, 2.75) is 25.3 Å². The number of hydrogen-bond acceptors (Lipinski definition) is 3. The van der Waals surface area contributed by atoms with Crippen LogP contribution in [-0.4, -0.2) is 33.4 Å². The van der Waals surface area contributed by atoms with E-state index in [0.29, 0.717) is 12.0 Å². The molecule has 2 rings (SSSR count). The van der Waals surface area contributed by atoms with Crippen molar-refractivity contribution in [1.82, 2.24) is 5.32 Å². The highest BCUT2D eigenvalue weighted by Gasteiger charge is 2.24. The summed E-state index contributed by atoms with van der Waals surface area (Å²) in [6.45, 7) is 1.74. The number of likely N-dealkylation sites (N-methyl/N-ethyl adjacent to an activating group) is 1. The van der Waals surface area contributed by atoms with E-state index in [1.165, 1.54) is 6.42 Å². The van der Waals surface area contributed by atoms with Crippen LogP contribution in [0.25, 0.3) is 0 Å². The summed E-state index contributed by atoms with van der Waals surface area (Å²) in [5.74, 6) is 1.46. The van der Waals surface area contributed by atoms with Crippen LogP contribution in [0.3, 0.4) is 0 Å². The van der Waals surface area contributed by atoms with Gasteiger partial charge in [0.25, 0.3) is 0 Å². The molecule has 2 atom stereocenters. The van der Waals surface area contributed by atoms with Gasteiger partial charge in [-0.25, -0.2) is 0 Å². The Hall–Kier alpha value is -0.770. The Bertz CT molecular complexity index is 405. The van der Waals surface area contributed by atoms with Gasteiger partial charge in [-0.2, -0.15) is 0 Å². The molecule has 3 nitrogen and oxygen atoms in total. The molecule has 1 aromatic rings. The zero-order chi connectivity index (χ0) is 13.7. The first kappa shape index (κ1) is 14.6. The minimum atomic E-state index is 0.396. The van der Waals surface area contributed by atoms with Crippen molar-refractivity contribution in [1.29, 1.82) is 0 Å². The van der Waals surface area contributed by atoms with Gasteiger partial charge in [0.15, 0.2) is 0 Å². The van der Waals surface area contributed by atoms with Crippen molar-refractivity contribution < 1.29 is 9.47 Å². The predicted molar refractivity (Wildman–Crippen MR) is 78.1 cm³/mol. The molecule has 1 aromatic carbocycles. The maximum Gasteiger partial charge on any atom is 0.122 e. The molecule has 0 aliphatic carbocycles. The molecule has 4 heteroatoms. The Balaban J connectivity index is 2.10. The van der Waals surface area contributed by atoms with Crippen molar-refractivity contribution in [2.24, 2.45) is 5.92 Å². The monoisotopic (exact) mass is 283 g/mol. The van der Waals surface area contributed by atoms with E-state index in [0.717, 1.165) is 42.4 Å². The number of benzene rings is 1. The molecule has 1 saturated heterocycles. The molecule has 106 valence electrons. The second-order valence-corrected chi connectivity index (χ2v) is 5.47. The summed E-state index contributed by atoms with van der Waals surface area (Å²) in [4.78, 5) is 0. The van der Waals surface area contributed by atoms with Crippen LogP contribution in [0.1, 0.15) is 18.4 Å². The van der Waals surface area contributed by atoms with Crippen LogP contribution in [-0.2, 0) is 11.2 Å². The molecule has 1 aliphatic rings. The van der Waals surface area contributed by atoms with Crippen LogP contribution in [0.4, 0.5) is 0 Å². The van der Waals surface area contributed by atoms with E-state index >= 15 is 0 Å². The van der Waals surface area contributed by atoms with Crippen molar-refractivity contribution >= 4 is 11.6 Å². The van der Waals surface area contributed by atoms with Crippen LogP contribution in [0, 0.1) is 5.92 Å². The smallest absolute Gasteiger partial charge is 0.122 e. The lowest BCUT2D eigenvalue weighted by Gasteiger charge is -2.30. The normalized spacial score (nSPS) is 21.1. The maximum atomic E-state index is 6.09. The molecule has 0 radical (unpaired) electrons. The summed E-state index contributed by atoms with van der Waals surface area (Å²) in [6, 6.07) is 6.19. The third-order valence-electron chi connectivity index (χ3n) is 3.82. The molecule has 1 N–H and O–H groups in total. The van der Waals surface area contributed by atoms with Crippen molar-refractivity contribution in [2.75, 3.05) is 27.4 Å². The fourth-order valence-corrected chi connectivity index (χ4v) is 2.93. The standard InChI is InChI=1S/C15H22ClNO2/c1-17-14(11-4-3-7-19-10-11)9-12-8-13(16)5-6-15(12)18-2/h5-6,8,11,14,17H,3-4,7,9-10H2,1-2H3. The predicted octanol–water partition coefficient (Wildman–Crippen LogP) is 2.91. The Morgan fingerprint density at radius 3 is 3.00 bits per heavy atom. The Morgan fingerprint density at radius 2 is 2.37 bits per heavy atom. The van der Waals surface area contributed by atoms with Crippen molar-refractivity contribution in [3.05, 3.63) is 28.8 Å². The van der Waals surface area contributed by atoms with Crippen molar-refractivity contribution in [3.8, 4) is 5.75 Å². The fourth-order valence-electron chi connectivity index (χ4n) is 2.73. The minimum Gasteiger partial charge on any atom is -0.496 e. The highest BCUT2D eigenvalue weighted by atomic mass is 35.5. The van der Waals surface area contributed by atoms with E-state index in [1.54, 1.807) is 7.11 Å². The lowest BCUT2D eigenvalue weighted by molar-refractivity contribution is 0.0404. The lowest BCUT2D eigenvalue weighted by Crippen LogP contribution is -2.39. The van der Waals surface area contributed by atoms with Gasteiger partial charge in [0, 0.05) is 17.7 Å². The molecule has 19 heavy (non-hydrogen) atoms. The van der Waals surface area contributed by atoms with Gasteiger partial charge in [-0.1, -0.05) is 11.6 Å². The number of methoxy groups -OCH3 is 1. The van der Waals surface area contributed by atoms with Crippen molar-refractivity contribution in [3.63, 3.8) is 0 Å². The number of ether oxygens (including phenoxy) is 2. The molecular weight excluding hydrogens is 262 g/mol. The Kier molecular flexibility index (Phi) is 5.49. The molecule has 1 aliphatic heterocycles. The van der Waals surface area contributed by atoms with Gasteiger partial charge in [-0.05, 0) is 56.0 Å². The summed E-state index contributed by atoms with van der Waals surface area (Å²) in [7, 11) is 3.71. The second kappa shape index (κ2) is 7.13. The third-order valence-corrected chi connectivity index (χ3v) is 4.05. The van der Waals surface area contributed by atoms with E-state index in [4.69, 9.17) is 21.1 Å². The minimum absolute atomic E-state index is 0.396. The van der Waals surface area contributed by atoms with Crippen LogP contribution >= 0.6 is 11.6 Å². The van der Waals surface area contributed by atoms with Gasteiger partial charge in [0.05, 0.1) is 13.7 Å². The number of nitrogens with one attached hydrogen (secondary N) is 1. The Morgan fingerprint density at radius 1 is 1.53 bits per heavy atom. The summed E-state index contributed by atoms with van der Waals surface area (Å²) in [5, 5.41) is 4.17. The zero-order valence-corrected chi connectivity index (χ0v) is 12.4. The quantitative estimate of drug-likeness (QED) is 0.901. The van der Waals surface area contributed by atoms with Gasteiger partial charge in [-0.15, -0.1) is 0 Å². The molecular formula is C15H22ClNO2. The van der Waals surface area contributed by atoms with Gasteiger partial charge < -0.3 is 14.8 Å². The first-order valence-corrected chi connectivity index (χ1v) is 7.20. The lowest BCUT2D eigenvalue weighted by atomic mass is 9.89. The van der Waals surface area contributed by atoms with Crippen LogP contribution in [0.15, 0.2) is 18.2 Å². The third kappa shape index (κ3) is 3.85. The average molecular weight is 284 g/mol. The largest absolute Gasteiger partial charge is 0.496 e. The highest BCUT2D eigenvalue weighted by Crippen LogP contribution is 2.27. The van der Waals surface area contributed by atoms with Gasteiger partial charge in [0.1, 0.15) is 5.75 Å². The van der Waals surface area contributed by atoms with Gasteiger partial charge in [0.2, 0.25) is 0 Å². The van der Waals surface area contributed by atoms with E-state index in [2.05, 4.69) is 5.32 Å². The molecule has 0 amide bonds. The SMILES string of the molecule is CNC(Cc1cc(Cl)ccc1OC)C1CCCOC1. The van der Waals surface area contributed by atoms with Gasteiger partial charge >= 0.3 is 0 Å². The highest BCUT2D eigenvalue weighted by molar-refractivity contribution is 6.30. The topological polar surface area (TPSA) is 30.5 Å². The zero-order valence-electron chi connectivity index (χ0n) is 11.6.